The van der Waals surface area contributed by atoms with Gasteiger partial charge in [-0.1, -0.05) is 42.3 Å². The number of nitrogens with two attached hydrogens (primary N) is 1. The molecular formula is C11H14ClN. The van der Waals surface area contributed by atoms with Crippen LogP contribution in [0.3, 0.4) is 0 Å². The fourth-order valence-electron chi connectivity index (χ4n) is 1.10. The summed E-state index contributed by atoms with van der Waals surface area (Å²) >= 11 is 5.77. The van der Waals surface area contributed by atoms with Crippen LogP contribution in [0.5, 0.6) is 0 Å². The lowest BCUT2D eigenvalue weighted by Crippen LogP contribution is -2.01. The van der Waals surface area contributed by atoms with Gasteiger partial charge in [-0.2, -0.15) is 0 Å². The molecule has 0 aliphatic heterocycles. The maximum absolute atomic E-state index is 5.77. The van der Waals surface area contributed by atoms with E-state index in [1.165, 1.54) is 5.57 Å². The SMILES string of the molecule is CC/C(=C/c1ccc(Cl)cc1)CN. The van der Waals surface area contributed by atoms with Crippen LogP contribution in [0.15, 0.2) is 29.8 Å². The minimum absolute atomic E-state index is 0.624. The highest BCUT2D eigenvalue weighted by Crippen LogP contribution is 2.13. The topological polar surface area (TPSA) is 26.0 Å². The minimum atomic E-state index is 0.624. The smallest absolute Gasteiger partial charge is 0.0406 e. The monoisotopic (exact) mass is 195 g/mol. The molecule has 2 N–H and O–H groups in total. The van der Waals surface area contributed by atoms with Crippen LogP contribution < -0.4 is 5.73 Å². The van der Waals surface area contributed by atoms with Crippen LogP contribution in [-0.2, 0) is 0 Å². The average Bonchev–Trinajstić information content (AvgIpc) is 2.17. The van der Waals surface area contributed by atoms with Crippen molar-refractivity contribution in [3.63, 3.8) is 0 Å². The van der Waals surface area contributed by atoms with E-state index in [-0.39, 0.29) is 0 Å². The lowest BCUT2D eigenvalue weighted by Gasteiger charge is -2.00. The number of hydrogen-bond donors (Lipinski definition) is 1. The molecule has 1 nitrogen and oxygen atoms in total. The summed E-state index contributed by atoms with van der Waals surface area (Å²) in [5, 5.41) is 0.767. The molecule has 2 heteroatoms. The summed E-state index contributed by atoms with van der Waals surface area (Å²) in [4.78, 5) is 0. The van der Waals surface area contributed by atoms with E-state index in [2.05, 4.69) is 13.0 Å². The third-order valence-electron chi connectivity index (χ3n) is 1.96. The lowest BCUT2D eigenvalue weighted by molar-refractivity contribution is 1.02. The van der Waals surface area contributed by atoms with Crippen molar-refractivity contribution in [2.45, 2.75) is 13.3 Å². The maximum Gasteiger partial charge on any atom is 0.0406 e. The van der Waals surface area contributed by atoms with E-state index in [0.29, 0.717) is 6.54 Å². The quantitative estimate of drug-likeness (QED) is 0.788. The molecule has 0 saturated carbocycles. The van der Waals surface area contributed by atoms with Crippen molar-refractivity contribution >= 4 is 17.7 Å². The molecule has 0 bridgehead atoms. The van der Waals surface area contributed by atoms with Crippen molar-refractivity contribution < 1.29 is 0 Å². The van der Waals surface area contributed by atoms with Gasteiger partial charge in [-0.25, -0.2) is 0 Å². The molecule has 1 aromatic carbocycles. The van der Waals surface area contributed by atoms with E-state index >= 15 is 0 Å². The molecule has 70 valence electrons. The van der Waals surface area contributed by atoms with Gasteiger partial charge in [0.15, 0.2) is 0 Å². The molecule has 0 atom stereocenters. The molecule has 1 rings (SSSR count). The van der Waals surface area contributed by atoms with Gasteiger partial charge in [-0.05, 0) is 24.1 Å². The average molecular weight is 196 g/mol. The van der Waals surface area contributed by atoms with Crippen molar-refractivity contribution in [1.29, 1.82) is 0 Å². The fourth-order valence-corrected chi connectivity index (χ4v) is 1.23. The van der Waals surface area contributed by atoms with Gasteiger partial charge in [-0.15, -0.1) is 0 Å². The van der Waals surface area contributed by atoms with Gasteiger partial charge in [-0.3, -0.25) is 0 Å². The second kappa shape index (κ2) is 5.05. The highest BCUT2D eigenvalue weighted by atomic mass is 35.5. The summed E-state index contributed by atoms with van der Waals surface area (Å²) in [6.07, 6.45) is 3.11. The van der Waals surface area contributed by atoms with Gasteiger partial charge in [0, 0.05) is 11.6 Å². The Morgan fingerprint density at radius 3 is 2.46 bits per heavy atom. The number of hydrogen-bond acceptors (Lipinski definition) is 1. The first-order chi connectivity index (χ1) is 6.26. The first-order valence-corrected chi connectivity index (χ1v) is 4.79. The van der Waals surface area contributed by atoms with Crippen molar-refractivity contribution in [2.75, 3.05) is 6.54 Å². The van der Waals surface area contributed by atoms with E-state index in [4.69, 9.17) is 17.3 Å². The van der Waals surface area contributed by atoms with Gasteiger partial charge < -0.3 is 5.73 Å². The molecule has 0 fully saturated rings. The summed E-state index contributed by atoms with van der Waals surface area (Å²) < 4.78 is 0. The van der Waals surface area contributed by atoms with Crippen molar-refractivity contribution in [3.05, 3.63) is 40.4 Å². The van der Waals surface area contributed by atoms with Gasteiger partial charge in [0.1, 0.15) is 0 Å². The fraction of sp³-hybridized carbons (Fsp3) is 0.273. The Bertz CT molecular complexity index is 281. The van der Waals surface area contributed by atoms with Crippen LogP contribution in [0, 0.1) is 0 Å². The number of benzene rings is 1. The van der Waals surface area contributed by atoms with Gasteiger partial charge in [0.25, 0.3) is 0 Å². The molecule has 0 aliphatic rings. The molecule has 0 aromatic heterocycles. The first-order valence-electron chi connectivity index (χ1n) is 4.41. The Morgan fingerprint density at radius 2 is 2.00 bits per heavy atom. The third kappa shape index (κ3) is 3.21. The van der Waals surface area contributed by atoms with Crippen molar-refractivity contribution in [2.24, 2.45) is 5.73 Å². The van der Waals surface area contributed by atoms with E-state index in [1.807, 2.05) is 24.3 Å². The van der Waals surface area contributed by atoms with Gasteiger partial charge >= 0.3 is 0 Å². The zero-order chi connectivity index (χ0) is 9.68. The highest BCUT2D eigenvalue weighted by Gasteiger charge is 1.92. The van der Waals surface area contributed by atoms with E-state index < -0.39 is 0 Å². The molecule has 0 spiro atoms. The Labute approximate surface area is 84.2 Å². The Morgan fingerprint density at radius 1 is 1.38 bits per heavy atom. The van der Waals surface area contributed by atoms with Crippen molar-refractivity contribution in [3.8, 4) is 0 Å². The molecule has 0 unspecified atom stereocenters. The highest BCUT2D eigenvalue weighted by molar-refractivity contribution is 6.30. The molecule has 0 heterocycles. The standard InChI is InChI=1S/C11H14ClN/c1-2-9(8-13)7-10-3-5-11(12)6-4-10/h3-7H,2,8,13H2,1H3/b9-7-. The second-order valence-electron chi connectivity index (χ2n) is 2.91. The van der Waals surface area contributed by atoms with Crippen LogP contribution in [0.2, 0.25) is 5.02 Å². The molecule has 13 heavy (non-hydrogen) atoms. The molecule has 0 radical (unpaired) electrons. The zero-order valence-corrected chi connectivity index (χ0v) is 8.51. The molecule has 0 amide bonds. The minimum Gasteiger partial charge on any atom is -0.327 e. The predicted molar refractivity (Wildman–Crippen MR) is 58.8 cm³/mol. The largest absolute Gasteiger partial charge is 0.327 e. The first kappa shape index (κ1) is 10.3. The summed E-state index contributed by atoms with van der Waals surface area (Å²) in [7, 11) is 0. The van der Waals surface area contributed by atoms with Gasteiger partial charge in [0.05, 0.1) is 0 Å². The van der Waals surface area contributed by atoms with Crippen molar-refractivity contribution in [1.82, 2.24) is 0 Å². The molecular weight excluding hydrogens is 182 g/mol. The van der Waals surface area contributed by atoms with E-state index in [0.717, 1.165) is 17.0 Å². The summed E-state index contributed by atoms with van der Waals surface area (Å²) in [6.45, 7) is 2.73. The molecule has 0 saturated heterocycles. The normalized spacial score (nSPS) is 11.8. The summed E-state index contributed by atoms with van der Waals surface area (Å²) in [5.41, 5.74) is 7.98. The predicted octanol–water partition coefficient (Wildman–Crippen LogP) is 3.09. The third-order valence-corrected chi connectivity index (χ3v) is 2.21. The summed E-state index contributed by atoms with van der Waals surface area (Å²) in [6, 6.07) is 7.76. The van der Waals surface area contributed by atoms with Crippen LogP contribution in [0.25, 0.3) is 6.08 Å². The van der Waals surface area contributed by atoms with Crippen LogP contribution in [-0.4, -0.2) is 6.54 Å². The van der Waals surface area contributed by atoms with Crippen LogP contribution >= 0.6 is 11.6 Å². The summed E-state index contributed by atoms with van der Waals surface area (Å²) in [5.74, 6) is 0. The Kier molecular flexibility index (Phi) is 4.00. The zero-order valence-electron chi connectivity index (χ0n) is 7.76. The molecule has 1 aromatic rings. The van der Waals surface area contributed by atoms with Gasteiger partial charge in [0.2, 0.25) is 0 Å². The second-order valence-corrected chi connectivity index (χ2v) is 3.35. The maximum atomic E-state index is 5.77. The Hall–Kier alpha value is -0.790. The Balaban J connectivity index is 2.84. The van der Waals surface area contributed by atoms with Crippen LogP contribution in [0.4, 0.5) is 0 Å². The number of halogens is 1. The van der Waals surface area contributed by atoms with E-state index in [9.17, 15) is 0 Å². The lowest BCUT2D eigenvalue weighted by atomic mass is 10.1. The van der Waals surface area contributed by atoms with Crippen LogP contribution in [0.1, 0.15) is 18.9 Å². The number of rotatable bonds is 3. The molecule has 0 aliphatic carbocycles. The van der Waals surface area contributed by atoms with E-state index in [1.54, 1.807) is 0 Å².